The fourth-order valence-corrected chi connectivity index (χ4v) is 3.61. The molecule has 0 atom stereocenters. The molecule has 3 nitrogen and oxygen atoms in total. The number of pyridine rings is 1. The Hall–Kier alpha value is -3.86. The molecule has 1 radical (unpaired) electrons. The molecule has 0 aliphatic heterocycles. The SMILES string of the molecule is Fc1cc(F)c2ccc3nc(-c4[c-]cccc4)ncc3c2c1.[Ir].[c-]1ccccc1-c1ccccn1. The third-order valence-electron chi connectivity index (χ3n) is 5.21. The predicted octanol–water partition coefficient (Wildman–Crippen LogP) is 7.07. The second kappa shape index (κ2) is 11.0. The molecule has 0 unspecified atom stereocenters. The standard InChI is InChI=1S/C18H9F2N2.C11H8N.Ir/c19-12-8-14-13(16(20)9-12)6-7-17-15(14)10-21-18(22-17)11-4-2-1-3-5-11;1-2-6-10(7-3-1)11-8-4-5-9-12-11;/h1-4,6-10H;1-6,8-9H;/q2*-1;. The van der Waals surface area contributed by atoms with Crippen LogP contribution in [0, 0.1) is 23.8 Å². The molecule has 0 aliphatic rings. The molecule has 0 N–H and O–H groups in total. The van der Waals surface area contributed by atoms with Crippen LogP contribution in [0.15, 0.2) is 103 Å². The van der Waals surface area contributed by atoms with Crippen molar-refractivity contribution in [3.05, 3.63) is 127 Å². The van der Waals surface area contributed by atoms with Crippen LogP contribution in [-0.4, -0.2) is 15.0 Å². The van der Waals surface area contributed by atoms with Gasteiger partial charge in [-0.05, 0) is 35.3 Å². The number of aromatic nitrogens is 3. The third-order valence-corrected chi connectivity index (χ3v) is 5.21. The van der Waals surface area contributed by atoms with Crippen LogP contribution in [0.5, 0.6) is 0 Å². The number of fused-ring (bicyclic) bond motifs is 3. The van der Waals surface area contributed by atoms with Crippen LogP contribution in [-0.2, 0) is 20.1 Å². The van der Waals surface area contributed by atoms with Crippen molar-refractivity contribution in [2.75, 3.05) is 0 Å². The number of nitrogens with zero attached hydrogens (tertiary/aromatic N) is 3. The van der Waals surface area contributed by atoms with Crippen molar-refractivity contribution in [3.63, 3.8) is 0 Å². The molecule has 2 aromatic heterocycles. The molecule has 0 bridgehead atoms. The molecule has 6 aromatic rings. The van der Waals surface area contributed by atoms with Gasteiger partial charge in [0.1, 0.15) is 11.6 Å². The van der Waals surface area contributed by atoms with Crippen LogP contribution >= 0.6 is 0 Å². The summed E-state index contributed by atoms with van der Waals surface area (Å²) in [6, 6.07) is 32.8. The Bertz CT molecular complexity index is 1520. The summed E-state index contributed by atoms with van der Waals surface area (Å²) in [6.07, 6.45) is 3.38. The Morgan fingerprint density at radius 2 is 1.40 bits per heavy atom. The summed E-state index contributed by atoms with van der Waals surface area (Å²) in [5, 5.41) is 1.45. The number of hydrogen-bond acceptors (Lipinski definition) is 3. The van der Waals surface area contributed by atoms with Gasteiger partial charge in [-0.15, -0.1) is 71.8 Å². The molecule has 4 aromatic carbocycles. The van der Waals surface area contributed by atoms with Crippen molar-refractivity contribution in [1.82, 2.24) is 15.0 Å². The third kappa shape index (κ3) is 5.46. The van der Waals surface area contributed by atoms with Gasteiger partial charge in [0.2, 0.25) is 0 Å². The maximum Gasteiger partial charge on any atom is 0.133 e. The van der Waals surface area contributed by atoms with E-state index >= 15 is 0 Å². The summed E-state index contributed by atoms with van der Waals surface area (Å²) < 4.78 is 27.3. The Balaban J connectivity index is 0.000000189. The smallest absolute Gasteiger partial charge is 0.133 e. The van der Waals surface area contributed by atoms with Crippen molar-refractivity contribution in [2.24, 2.45) is 0 Å². The molecule has 0 saturated carbocycles. The van der Waals surface area contributed by atoms with Crippen molar-refractivity contribution in [3.8, 4) is 22.6 Å². The Kier molecular flexibility index (Phi) is 7.66. The quantitative estimate of drug-likeness (QED) is 0.151. The van der Waals surface area contributed by atoms with Gasteiger partial charge in [-0.25, -0.2) is 8.78 Å². The van der Waals surface area contributed by atoms with E-state index in [4.69, 9.17) is 0 Å². The van der Waals surface area contributed by atoms with Gasteiger partial charge in [0.25, 0.3) is 0 Å². The first-order valence-electron chi connectivity index (χ1n) is 10.6. The Morgan fingerprint density at radius 1 is 0.657 bits per heavy atom. The second-order valence-corrected chi connectivity index (χ2v) is 7.44. The number of hydrogen-bond donors (Lipinski definition) is 0. The minimum Gasteiger partial charge on any atom is -0.305 e. The summed E-state index contributed by atoms with van der Waals surface area (Å²) in [4.78, 5) is 13.0. The average molecular weight is 638 g/mol. The monoisotopic (exact) mass is 638 g/mol. The summed E-state index contributed by atoms with van der Waals surface area (Å²) in [7, 11) is 0. The predicted molar refractivity (Wildman–Crippen MR) is 130 cm³/mol. The van der Waals surface area contributed by atoms with Gasteiger partial charge < -0.3 is 4.98 Å². The van der Waals surface area contributed by atoms with Crippen LogP contribution in [0.3, 0.4) is 0 Å². The molecule has 0 fully saturated rings. The minimum atomic E-state index is -0.613. The van der Waals surface area contributed by atoms with Gasteiger partial charge in [0.15, 0.2) is 0 Å². The van der Waals surface area contributed by atoms with E-state index in [1.165, 1.54) is 6.07 Å². The summed E-state index contributed by atoms with van der Waals surface area (Å²) in [5.41, 5.74) is 3.42. The van der Waals surface area contributed by atoms with E-state index in [0.29, 0.717) is 27.5 Å². The fourth-order valence-electron chi connectivity index (χ4n) is 3.61. The van der Waals surface area contributed by atoms with Crippen LogP contribution in [0.4, 0.5) is 8.78 Å². The zero-order chi connectivity index (χ0) is 23.3. The summed E-state index contributed by atoms with van der Waals surface area (Å²) >= 11 is 0. The Labute approximate surface area is 214 Å². The summed E-state index contributed by atoms with van der Waals surface area (Å²) in [5.74, 6) is -0.667. The van der Waals surface area contributed by atoms with Crippen molar-refractivity contribution < 1.29 is 28.9 Å². The number of rotatable bonds is 2. The zero-order valence-electron chi connectivity index (χ0n) is 18.2. The van der Waals surface area contributed by atoms with Gasteiger partial charge in [-0.1, -0.05) is 12.1 Å². The normalized spacial score (nSPS) is 10.3. The largest absolute Gasteiger partial charge is 0.305 e. The van der Waals surface area contributed by atoms with Crippen molar-refractivity contribution >= 4 is 21.7 Å². The second-order valence-electron chi connectivity index (χ2n) is 7.44. The maximum atomic E-state index is 13.8. The molecule has 2 heterocycles. The first kappa shape index (κ1) is 24.3. The molecule has 0 spiro atoms. The van der Waals surface area contributed by atoms with Gasteiger partial charge >= 0.3 is 0 Å². The molecule has 0 aliphatic carbocycles. The average Bonchev–Trinajstić information content (AvgIpc) is 2.90. The fraction of sp³-hybridized carbons (Fsp3) is 0. The van der Waals surface area contributed by atoms with E-state index in [1.54, 1.807) is 30.6 Å². The van der Waals surface area contributed by atoms with E-state index in [9.17, 15) is 8.78 Å². The van der Waals surface area contributed by atoms with Gasteiger partial charge in [-0.2, -0.15) is 0 Å². The van der Waals surface area contributed by atoms with Crippen molar-refractivity contribution in [1.29, 1.82) is 0 Å². The summed E-state index contributed by atoms with van der Waals surface area (Å²) in [6.45, 7) is 0. The molecule has 0 amide bonds. The first-order chi connectivity index (χ1) is 16.7. The van der Waals surface area contributed by atoms with E-state index < -0.39 is 11.6 Å². The molecular weight excluding hydrogens is 621 g/mol. The Morgan fingerprint density at radius 3 is 2.09 bits per heavy atom. The van der Waals surface area contributed by atoms with Crippen molar-refractivity contribution in [2.45, 2.75) is 0 Å². The molecular formula is C29H17F2IrN3-2. The first-order valence-corrected chi connectivity index (χ1v) is 10.6. The zero-order valence-corrected chi connectivity index (χ0v) is 20.6. The molecule has 6 heteroatoms. The van der Waals surface area contributed by atoms with E-state index in [2.05, 4.69) is 27.1 Å². The van der Waals surface area contributed by atoms with Gasteiger partial charge in [0, 0.05) is 49.3 Å². The van der Waals surface area contributed by atoms with Crippen LogP contribution in [0.25, 0.3) is 44.3 Å². The van der Waals surface area contributed by atoms with Crippen LogP contribution in [0.2, 0.25) is 0 Å². The molecule has 35 heavy (non-hydrogen) atoms. The topological polar surface area (TPSA) is 38.7 Å². The van der Waals surface area contributed by atoms with Gasteiger partial charge in [-0.3, -0.25) is 9.97 Å². The van der Waals surface area contributed by atoms with Crippen LogP contribution in [0.1, 0.15) is 0 Å². The van der Waals surface area contributed by atoms with E-state index in [0.717, 1.165) is 22.9 Å². The van der Waals surface area contributed by atoms with E-state index in [-0.39, 0.29) is 20.1 Å². The number of benzene rings is 4. The molecule has 0 saturated heterocycles. The van der Waals surface area contributed by atoms with Crippen LogP contribution < -0.4 is 0 Å². The molecule has 173 valence electrons. The van der Waals surface area contributed by atoms with E-state index in [1.807, 2.05) is 60.7 Å². The molecule has 6 rings (SSSR count). The van der Waals surface area contributed by atoms with Gasteiger partial charge in [0.05, 0.1) is 11.3 Å². The minimum absolute atomic E-state index is 0. The maximum absolute atomic E-state index is 13.8. The number of halogens is 2.